The zero-order chi connectivity index (χ0) is 19.8. The van der Waals surface area contributed by atoms with Crippen LogP contribution in [0.3, 0.4) is 0 Å². The Morgan fingerprint density at radius 2 is 1.68 bits per heavy atom. The van der Waals surface area contributed by atoms with Crippen molar-refractivity contribution >= 4 is 17.3 Å². The molecule has 1 amide bonds. The molecule has 0 radical (unpaired) electrons. The van der Waals surface area contributed by atoms with Crippen LogP contribution in [0.4, 0.5) is 15.8 Å². The Labute approximate surface area is 163 Å². The molecule has 0 aliphatic rings. The second-order valence-corrected chi connectivity index (χ2v) is 6.07. The minimum Gasteiger partial charge on any atom is -0.497 e. The van der Waals surface area contributed by atoms with Crippen LogP contribution in [0.1, 0.15) is 5.56 Å². The summed E-state index contributed by atoms with van der Waals surface area (Å²) in [6, 6.07) is 20.6. The number of hydrogen-bond donors (Lipinski definition) is 2. The number of methoxy groups -OCH3 is 1. The van der Waals surface area contributed by atoms with Crippen molar-refractivity contribution in [3.05, 3.63) is 84.2 Å². The maximum atomic E-state index is 12.9. The summed E-state index contributed by atoms with van der Waals surface area (Å²) in [7, 11) is 1.59. The fraction of sp³-hybridized carbons (Fsp3) is 0.136. The Hall–Kier alpha value is -3.54. The van der Waals surface area contributed by atoms with Crippen molar-refractivity contribution in [3.8, 4) is 11.5 Å². The highest BCUT2D eigenvalue weighted by molar-refractivity contribution is 5.93. The lowest BCUT2D eigenvalue weighted by molar-refractivity contribution is -0.114. The molecule has 0 fully saturated rings. The lowest BCUT2D eigenvalue weighted by Gasteiger charge is -2.11. The van der Waals surface area contributed by atoms with Crippen molar-refractivity contribution in [1.29, 1.82) is 0 Å². The molecular formula is C22H21FN2O3. The monoisotopic (exact) mass is 380 g/mol. The van der Waals surface area contributed by atoms with Gasteiger partial charge in [0.15, 0.2) is 0 Å². The normalized spacial score (nSPS) is 10.2. The van der Waals surface area contributed by atoms with Gasteiger partial charge >= 0.3 is 0 Å². The first-order chi connectivity index (χ1) is 13.6. The van der Waals surface area contributed by atoms with Gasteiger partial charge in [-0.25, -0.2) is 4.39 Å². The Balaban J connectivity index is 1.49. The maximum absolute atomic E-state index is 12.9. The summed E-state index contributed by atoms with van der Waals surface area (Å²) in [5.74, 6) is 0.948. The van der Waals surface area contributed by atoms with E-state index >= 15 is 0 Å². The van der Waals surface area contributed by atoms with Gasteiger partial charge in [0.05, 0.1) is 13.7 Å². The molecule has 6 heteroatoms. The van der Waals surface area contributed by atoms with E-state index in [0.29, 0.717) is 18.0 Å². The van der Waals surface area contributed by atoms with Crippen LogP contribution in [0, 0.1) is 5.82 Å². The maximum Gasteiger partial charge on any atom is 0.243 e. The molecule has 0 bridgehead atoms. The number of rotatable bonds is 8. The van der Waals surface area contributed by atoms with E-state index in [9.17, 15) is 9.18 Å². The van der Waals surface area contributed by atoms with Gasteiger partial charge in [-0.05, 0) is 54.1 Å². The van der Waals surface area contributed by atoms with E-state index in [1.165, 1.54) is 12.1 Å². The van der Waals surface area contributed by atoms with E-state index in [1.807, 2.05) is 24.3 Å². The molecule has 3 rings (SSSR count). The number of benzene rings is 3. The van der Waals surface area contributed by atoms with Crippen molar-refractivity contribution < 1.29 is 18.7 Å². The number of carbonyl (C=O) groups excluding carboxylic acids is 1. The largest absolute Gasteiger partial charge is 0.497 e. The summed E-state index contributed by atoms with van der Waals surface area (Å²) in [5, 5.41) is 5.88. The molecule has 144 valence electrons. The predicted octanol–water partition coefficient (Wildman–Crippen LogP) is 4.46. The number of halogens is 1. The number of amides is 1. The first-order valence-electron chi connectivity index (χ1n) is 8.77. The van der Waals surface area contributed by atoms with E-state index in [4.69, 9.17) is 9.47 Å². The number of carbonyl (C=O) groups is 1. The Kier molecular flexibility index (Phi) is 6.46. The predicted molar refractivity (Wildman–Crippen MR) is 107 cm³/mol. The van der Waals surface area contributed by atoms with Gasteiger partial charge < -0.3 is 20.1 Å². The van der Waals surface area contributed by atoms with Gasteiger partial charge in [0.2, 0.25) is 5.91 Å². The molecule has 0 saturated heterocycles. The van der Waals surface area contributed by atoms with Crippen molar-refractivity contribution in [2.75, 3.05) is 24.3 Å². The smallest absolute Gasteiger partial charge is 0.243 e. The third kappa shape index (κ3) is 5.74. The second kappa shape index (κ2) is 9.41. The van der Waals surface area contributed by atoms with E-state index in [0.717, 1.165) is 17.0 Å². The molecule has 0 heterocycles. The van der Waals surface area contributed by atoms with Crippen LogP contribution in [-0.2, 0) is 11.4 Å². The van der Waals surface area contributed by atoms with Crippen molar-refractivity contribution in [2.45, 2.75) is 6.61 Å². The molecule has 0 aromatic heterocycles. The van der Waals surface area contributed by atoms with Crippen LogP contribution in [0.25, 0.3) is 0 Å². The van der Waals surface area contributed by atoms with E-state index < -0.39 is 0 Å². The lowest BCUT2D eigenvalue weighted by Crippen LogP contribution is -2.21. The highest BCUT2D eigenvalue weighted by Crippen LogP contribution is 2.19. The Bertz CT molecular complexity index is 912. The quantitative estimate of drug-likeness (QED) is 0.606. The molecule has 0 spiro atoms. The van der Waals surface area contributed by atoms with Crippen LogP contribution >= 0.6 is 0 Å². The average molecular weight is 380 g/mol. The number of ether oxygens (including phenoxy) is 2. The highest BCUT2D eigenvalue weighted by Gasteiger charge is 2.04. The first kappa shape index (κ1) is 19.2. The molecule has 5 nitrogen and oxygen atoms in total. The van der Waals surface area contributed by atoms with Crippen molar-refractivity contribution in [3.63, 3.8) is 0 Å². The second-order valence-electron chi connectivity index (χ2n) is 6.07. The number of hydrogen-bond acceptors (Lipinski definition) is 4. The van der Waals surface area contributed by atoms with Gasteiger partial charge in [-0.1, -0.05) is 18.2 Å². The molecular weight excluding hydrogens is 359 g/mol. The highest BCUT2D eigenvalue weighted by atomic mass is 19.1. The SMILES string of the molecule is COc1ccc(NC(=O)CNc2cccc(OCc3ccc(F)cc3)c2)cc1. The molecule has 0 aliphatic heterocycles. The van der Waals surface area contributed by atoms with E-state index in [1.54, 1.807) is 43.5 Å². The standard InChI is InChI=1S/C22H21FN2O3/c1-27-20-11-9-18(10-12-20)25-22(26)14-24-19-3-2-4-21(13-19)28-15-16-5-7-17(23)8-6-16/h2-13,24H,14-15H2,1H3,(H,25,26). The molecule has 0 atom stereocenters. The molecule has 2 N–H and O–H groups in total. The van der Waals surface area contributed by atoms with E-state index in [-0.39, 0.29) is 18.3 Å². The Morgan fingerprint density at radius 3 is 2.39 bits per heavy atom. The van der Waals surface area contributed by atoms with Crippen LogP contribution < -0.4 is 20.1 Å². The average Bonchev–Trinajstić information content (AvgIpc) is 2.73. The minimum atomic E-state index is -0.275. The summed E-state index contributed by atoms with van der Waals surface area (Å²) in [6.07, 6.45) is 0. The van der Waals surface area contributed by atoms with E-state index in [2.05, 4.69) is 10.6 Å². The minimum absolute atomic E-state index is 0.118. The molecule has 3 aromatic carbocycles. The summed E-state index contributed by atoms with van der Waals surface area (Å²) in [4.78, 5) is 12.1. The van der Waals surface area contributed by atoms with Crippen LogP contribution in [0.2, 0.25) is 0 Å². The molecule has 0 aliphatic carbocycles. The number of nitrogens with one attached hydrogen (secondary N) is 2. The van der Waals surface area contributed by atoms with Gasteiger partial charge in [0.25, 0.3) is 0 Å². The van der Waals surface area contributed by atoms with Crippen LogP contribution in [0.5, 0.6) is 11.5 Å². The van der Waals surface area contributed by atoms with Crippen LogP contribution in [-0.4, -0.2) is 19.6 Å². The Morgan fingerprint density at radius 1 is 0.929 bits per heavy atom. The molecule has 0 saturated carbocycles. The first-order valence-corrected chi connectivity index (χ1v) is 8.77. The van der Waals surface area contributed by atoms with Gasteiger partial charge in [-0.15, -0.1) is 0 Å². The third-order valence-corrected chi connectivity index (χ3v) is 3.98. The fourth-order valence-electron chi connectivity index (χ4n) is 2.51. The third-order valence-electron chi connectivity index (χ3n) is 3.98. The fourth-order valence-corrected chi connectivity index (χ4v) is 2.51. The molecule has 0 unspecified atom stereocenters. The zero-order valence-corrected chi connectivity index (χ0v) is 15.4. The lowest BCUT2D eigenvalue weighted by atomic mass is 10.2. The van der Waals surface area contributed by atoms with Gasteiger partial charge in [0.1, 0.15) is 23.9 Å². The summed E-state index contributed by atoms with van der Waals surface area (Å²) >= 11 is 0. The topological polar surface area (TPSA) is 59.6 Å². The zero-order valence-electron chi connectivity index (χ0n) is 15.4. The summed E-state index contributed by atoms with van der Waals surface area (Å²) in [6.45, 7) is 0.454. The summed E-state index contributed by atoms with van der Waals surface area (Å²) < 4.78 is 23.7. The van der Waals surface area contributed by atoms with Crippen molar-refractivity contribution in [2.24, 2.45) is 0 Å². The van der Waals surface area contributed by atoms with Gasteiger partial charge in [0, 0.05) is 17.4 Å². The molecule has 28 heavy (non-hydrogen) atoms. The summed E-state index contributed by atoms with van der Waals surface area (Å²) in [5.41, 5.74) is 2.34. The van der Waals surface area contributed by atoms with Gasteiger partial charge in [-0.3, -0.25) is 4.79 Å². The van der Waals surface area contributed by atoms with Crippen molar-refractivity contribution in [1.82, 2.24) is 0 Å². The van der Waals surface area contributed by atoms with Gasteiger partial charge in [-0.2, -0.15) is 0 Å². The number of anilines is 2. The molecule has 3 aromatic rings. The van der Waals surface area contributed by atoms with Crippen LogP contribution in [0.15, 0.2) is 72.8 Å².